The highest BCUT2D eigenvalue weighted by molar-refractivity contribution is 5.33. The number of hydrogen-bond acceptors (Lipinski definition) is 2. The summed E-state index contributed by atoms with van der Waals surface area (Å²) in [6, 6.07) is 9.37. The monoisotopic (exact) mass is 245 g/mol. The zero-order chi connectivity index (χ0) is 12.2. The average molecular weight is 245 g/mol. The molecule has 1 heterocycles. The predicted molar refractivity (Wildman–Crippen MR) is 74.1 cm³/mol. The third kappa shape index (κ3) is 2.69. The Morgan fingerprint density at radius 1 is 1.00 bits per heavy atom. The number of nitrogens with zero attached hydrogens (tertiary/aromatic N) is 1. The molecule has 0 radical (unpaired) electrons. The van der Waals surface area contributed by atoms with Crippen molar-refractivity contribution < 1.29 is 4.74 Å². The van der Waals surface area contributed by atoms with Crippen LogP contribution in [0.25, 0.3) is 0 Å². The van der Waals surface area contributed by atoms with Gasteiger partial charge in [-0.05, 0) is 50.3 Å². The Morgan fingerprint density at radius 2 is 1.89 bits per heavy atom. The van der Waals surface area contributed by atoms with Gasteiger partial charge in [0, 0.05) is 12.6 Å². The maximum absolute atomic E-state index is 5.97. The Hall–Kier alpha value is -1.02. The van der Waals surface area contributed by atoms with Crippen molar-refractivity contribution in [2.45, 2.75) is 44.6 Å². The Morgan fingerprint density at radius 3 is 2.72 bits per heavy atom. The van der Waals surface area contributed by atoms with Gasteiger partial charge >= 0.3 is 0 Å². The molecule has 1 aliphatic heterocycles. The summed E-state index contributed by atoms with van der Waals surface area (Å²) in [4.78, 5) is 2.65. The highest BCUT2D eigenvalue weighted by Crippen LogP contribution is 2.26. The summed E-state index contributed by atoms with van der Waals surface area (Å²) in [6.45, 7) is 3.20. The number of ether oxygens (including phenoxy) is 1. The van der Waals surface area contributed by atoms with E-state index in [-0.39, 0.29) is 0 Å². The standard InChI is InChI=1S/C16H23NO/c1-2-10-16-14(6-1)7-3-4-11-17(12-13-18-16)15-8-5-9-15/h1-2,6,10,15H,3-5,7-9,11-13H2. The molecule has 0 unspecified atom stereocenters. The number of benzene rings is 1. The molecule has 0 N–H and O–H groups in total. The summed E-state index contributed by atoms with van der Waals surface area (Å²) in [5, 5.41) is 0. The Bertz CT molecular complexity index is 386. The van der Waals surface area contributed by atoms with E-state index in [2.05, 4.69) is 29.2 Å². The van der Waals surface area contributed by atoms with Gasteiger partial charge in [-0.1, -0.05) is 24.6 Å². The van der Waals surface area contributed by atoms with Crippen molar-refractivity contribution in [1.29, 1.82) is 0 Å². The number of para-hydroxylation sites is 1. The fourth-order valence-corrected chi connectivity index (χ4v) is 2.98. The molecule has 3 rings (SSSR count). The van der Waals surface area contributed by atoms with E-state index in [1.807, 2.05) is 0 Å². The molecule has 1 aliphatic carbocycles. The highest BCUT2D eigenvalue weighted by atomic mass is 16.5. The molecule has 1 fully saturated rings. The van der Waals surface area contributed by atoms with Crippen molar-refractivity contribution in [2.75, 3.05) is 19.7 Å². The first-order valence-electron chi connectivity index (χ1n) is 7.38. The van der Waals surface area contributed by atoms with Crippen LogP contribution in [0.4, 0.5) is 0 Å². The van der Waals surface area contributed by atoms with Gasteiger partial charge in [0.1, 0.15) is 12.4 Å². The molecule has 1 saturated carbocycles. The number of aryl methyl sites for hydroxylation is 1. The number of hydrogen-bond donors (Lipinski definition) is 0. The molecule has 0 aromatic heterocycles. The first-order valence-corrected chi connectivity index (χ1v) is 7.38. The van der Waals surface area contributed by atoms with Crippen molar-refractivity contribution in [1.82, 2.24) is 4.90 Å². The minimum atomic E-state index is 0.841. The second-order valence-electron chi connectivity index (χ2n) is 5.53. The topological polar surface area (TPSA) is 12.5 Å². The molecule has 18 heavy (non-hydrogen) atoms. The molecule has 0 saturated heterocycles. The molecule has 1 aromatic carbocycles. The van der Waals surface area contributed by atoms with Crippen molar-refractivity contribution >= 4 is 0 Å². The Labute approximate surface area is 110 Å². The third-order valence-corrected chi connectivity index (χ3v) is 4.34. The Kier molecular flexibility index (Phi) is 3.84. The molecule has 0 spiro atoms. The van der Waals surface area contributed by atoms with Crippen LogP contribution >= 0.6 is 0 Å². The predicted octanol–water partition coefficient (Wildman–Crippen LogP) is 3.26. The van der Waals surface area contributed by atoms with Crippen LogP contribution in [0.2, 0.25) is 0 Å². The van der Waals surface area contributed by atoms with Crippen LogP contribution in [0.1, 0.15) is 37.7 Å². The Balaban J connectivity index is 1.65. The normalized spacial score (nSPS) is 22.7. The minimum absolute atomic E-state index is 0.841. The van der Waals surface area contributed by atoms with E-state index in [1.165, 1.54) is 44.2 Å². The molecule has 0 bridgehead atoms. The van der Waals surface area contributed by atoms with Gasteiger partial charge in [-0.25, -0.2) is 0 Å². The van der Waals surface area contributed by atoms with Crippen LogP contribution < -0.4 is 4.74 Å². The van der Waals surface area contributed by atoms with E-state index < -0.39 is 0 Å². The van der Waals surface area contributed by atoms with Gasteiger partial charge in [0.2, 0.25) is 0 Å². The lowest BCUT2D eigenvalue weighted by molar-refractivity contribution is 0.103. The molecule has 2 heteroatoms. The second-order valence-corrected chi connectivity index (χ2v) is 5.53. The van der Waals surface area contributed by atoms with Crippen LogP contribution in [-0.4, -0.2) is 30.6 Å². The molecule has 2 nitrogen and oxygen atoms in total. The number of rotatable bonds is 1. The van der Waals surface area contributed by atoms with Gasteiger partial charge in [-0.15, -0.1) is 0 Å². The lowest BCUT2D eigenvalue weighted by atomic mass is 9.91. The lowest BCUT2D eigenvalue weighted by Crippen LogP contribution is -2.43. The van der Waals surface area contributed by atoms with Crippen LogP contribution in [0.3, 0.4) is 0 Å². The van der Waals surface area contributed by atoms with Crippen LogP contribution in [0.15, 0.2) is 24.3 Å². The largest absolute Gasteiger partial charge is 0.492 e. The van der Waals surface area contributed by atoms with Gasteiger partial charge in [0.15, 0.2) is 0 Å². The van der Waals surface area contributed by atoms with Crippen molar-refractivity contribution in [2.24, 2.45) is 0 Å². The molecule has 98 valence electrons. The average Bonchev–Trinajstić information content (AvgIpc) is 2.34. The highest BCUT2D eigenvalue weighted by Gasteiger charge is 2.24. The summed E-state index contributed by atoms with van der Waals surface area (Å²) in [5.41, 5.74) is 1.38. The van der Waals surface area contributed by atoms with Gasteiger partial charge in [0.05, 0.1) is 0 Å². The van der Waals surface area contributed by atoms with E-state index in [0.717, 1.165) is 31.4 Å². The van der Waals surface area contributed by atoms with Crippen LogP contribution in [0.5, 0.6) is 5.75 Å². The van der Waals surface area contributed by atoms with Gasteiger partial charge in [-0.2, -0.15) is 0 Å². The SMILES string of the molecule is c1ccc2c(c1)CCCCN(C1CCC1)CCO2. The second kappa shape index (κ2) is 5.75. The summed E-state index contributed by atoms with van der Waals surface area (Å²) in [7, 11) is 0. The summed E-state index contributed by atoms with van der Waals surface area (Å²) in [5.74, 6) is 1.10. The van der Waals surface area contributed by atoms with E-state index in [0.29, 0.717) is 0 Å². The van der Waals surface area contributed by atoms with E-state index in [1.54, 1.807) is 0 Å². The molecule has 1 aromatic rings. The lowest BCUT2D eigenvalue weighted by Gasteiger charge is -2.38. The van der Waals surface area contributed by atoms with Gasteiger partial charge < -0.3 is 4.74 Å². The summed E-state index contributed by atoms with van der Waals surface area (Å²) >= 11 is 0. The van der Waals surface area contributed by atoms with Gasteiger partial charge in [-0.3, -0.25) is 4.90 Å². The molecule has 0 atom stereocenters. The molecule has 0 amide bonds. The zero-order valence-electron chi connectivity index (χ0n) is 11.1. The molecule has 2 aliphatic rings. The van der Waals surface area contributed by atoms with E-state index in [4.69, 9.17) is 4.74 Å². The smallest absolute Gasteiger partial charge is 0.122 e. The summed E-state index contributed by atoms with van der Waals surface area (Å²) < 4.78 is 5.97. The van der Waals surface area contributed by atoms with E-state index in [9.17, 15) is 0 Å². The van der Waals surface area contributed by atoms with Crippen molar-refractivity contribution in [3.63, 3.8) is 0 Å². The molecular weight excluding hydrogens is 222 g/mol. The van der Waals surface area contributed by atoms with Crippen LogP contribution in [-0.2, 0) is 6.42 Å². The number of fused-ring (bicyclic) bond motifs is 1. The van der Waals surface area contributed by atoms with Crippen molar-refractivity contribution in [3.05, 3.63) is 29.8 Å². The summed E-state index contributed by atoms with van der Waals surface area (Å²) in [6.07, 6.45) is 7.99. The fraction of sp³-hybridized carbons (Fsp3) is 0.625. The zero-order valence-corrected chi connectivity index (χ0v) is 11.1. The van der Waals surface area contributed by atoms with Crippen LogP contribution in [0, 0.1) is 0 Å². The molecular formula is C16H23NO. The third-order valence-electron chi connectivity index (χ3n) is 4.34. The first kappa shape index (κ1) is 12.0. The minimum Gasteiger partial charge on any atom is -0.492 e. The maximum Gasteiger partial charge on any atom is 0.122 e. The quantitative estimate of drug-likeness (QED) is 0.753. The van der Waals surface area contributed by atoms with E-state index >= 15 is 0 Å². The van der Waals surface area contributed by atoms with Crippen molar-refractivity contribution in [3.8, 4) is 5.75 Å². The fourth-order valence-electron chi connectivity index (χ4n) is 2.98. The van der Waals surface area contributed by atoms with Gasteiger partial charge in [0.25, 0.3) is 0 Å². The first-order chi connectivity index (χ1) is 8.93. The maximum atomic E-state index is 5.97.